The number of carbonyl (C=O) groups is 2. The SMILES string of the molecule is COc1cc2c(CC(=O)OC(C)C)c(C)n(C(=O)c3ccc(OC(F)(F)F)cc3)c2cc1F. The number of esters is 1. The van der Waals surface area contributed by atoms with Crippen molar-refractivity contribution in [2.24, 2.45) is 0 Å². The Morgan fingerprint density at radius 1 is 1.09 bits per heavy atom. The van der Waals surface area contributed by atoms with Crippen molar-refractivity contribution in [3.8, 4) is 11.5 Å². The number of fused-ring (bicyclic) bond motifs is 1. The normalized spacial score (nSPS) is 11.7. The number of alkyl halides is 3. The molecule has 3 rings (SSSR count). The third kappa shape index (κ3) is 5.27. The van der Waals surface area contributed by atoms with Gasteiger partial charge in [-0.1, -0.05) is 0 Å². The van der Waals surface area contributed by atoms with Crippen LogP contribution in [-0.2, 0) is 16.0 Å². The predicted octanol–water partition coefficient (Wildman–Crippen LogP) is 5.18. The highest BCUT2D eigenvalue weighted by molar-refractivity contribution is 6.05. The zero-order chi connectivity index (χ0) is 24.5. The lowest BCUT2D eigenvalue weighted by molar-refractivity contribution is -0.274. The molecule has 176 valence electrons. The third-order valence-electron chi connectivity index (χ3n) is 4.83. The number of hydrogen-bond donors (Lipinski definition) is 0. The van der Waals surface area contributed by atoms with Gasteiger partial charge in [0.2, 0.25) is 0 Å². The number of rotatable bonds is 6. The Morgan fingerprint density at radius 2 is 1.73 bits per heavy atom. The van der Waals surface area contributed by atoms with Crippen molar-refractivity contribution in [1.29, 1.82) is 0 Å². The minimum absolute atomic E-state index is 0.0389. The van der Waals surface area contributed by atoms with E-state index in [2.05, 4.69) is 4.74 Å². The molecule has 0 N–H and O–H groups in total. The van der Waals surface area contributed by atoms with Crippen molar-refractivity contribution in [2.45, 2.75) is 39.7 Å². The van der Waals surface area contributed by atoms with E-state index in [4.69, 9.17) is 9.47 Å². The first kappa shape index (κ1) is 24.1. The molecule has 0 fully saturated rings. The lowest BCUT2D eigenvalue weighted by Crippen LogP contribution is -2.18. The summed E-state index contributed by atoms with van der Waals surface area (Å²) < 4.78 is 67.0. The fourth-order valence-corrected chi connectivity index (χ4v) is 3.50. The van der Waals surface area contributed by atoms with Crippen molar-refractivity contribution in [3.05, 3.63) is 59.0 Å². The monoisotopic (exact) mass is 467 g/mol. The number of ether oxygens (including phenoxy) is 3. The number of nitrogens with zero attached hydrogens (tertiary/aromatic N) is 1. The van der Waals surface area contributed by atoms with Crippen LogP contribution < -0.4 is 9.47 Å². The number of hydrogen-bond acceptors (Lipinski definition) is 5. The maximum atomic E-state index is 14.5. The summed E-state index contributed by atoms with van der Waals surface area (Å²) in [7, 11) is 1.29. The van der Waals surface area contributed by atoms with Crippen molar-refractivity contribution < 1.29 is 41.4 Å². The van der Waals surface area contributed by atoms with E-state index < -0.39 is 29.8 Å². The Morgan fingerprint density at radius 3 is 2.27 bits per heavy atom. The van der Waals surface area contributed by atoms with E-state index in [0.29, 0.717) is 16.6 Å². The van der Waals surface area contributed by atoms with Gasteiger partial charge in [0.1, 0.15) is 5.75 Å². The van der Waals surface area contributed by atoms with Crippen LogP contribution in [0.2, 0.25) is 0 Å². The van der Waals surface area contributed by atoms with E-state index in [-0.39, 0.29) is 29.4 Å². The second kappa shape index (κ2) is 9.13. The lowest BCUT2D eigenvalue weighted by Gasteiger charge is -2.11. The average Bonchev–Trinajstić information content (AvgIpc) is 2.96. The fraction of sp³-hybridized carbons (Fsp3) is 0.304. The molecular weight excluding hydrogens is 446 g/mol. The van der Waals surface area contributed by atoms with Crippen LogP contribution in [0.4, 0.5) is 17.6 Å². The molecule has 6 nitrogen and oxygen atoms in total. The van der Waals surface area contributed by atoms with Crippen LogP contribution in [0.1, 0.15) is 35.5 Å². The molecule has 0 unspecified atom stereocenters. The van der Waals surface area contributed by atoms with E-state index in [1.807, 2.05) is 0 Å². The van der Waals surface area contributed by atoms with Crippen LogP contribution in [0.25, 0.3) is 10.9 Å². The molecule has 0 aliphatic carbocycles. The molecule has 0 radical (unpaired) electrons. The molecule has 33 heavy (non-hydrogen) atoms. The second-order valence-electron chi connectivity index (χ2n) is 7.50. The van der Waals surface area contributed by atoms with Crippen molar-refractivity contribution in [3.63, 3.8) is 0 Å². The highest BCUT2D eigenvalue weighted by atomic mass is 19.4. The summed E-state index contributed by atoms with van der Waals surface area (Å²) in [6.07, 6.45) is -5.39. The Bertz CT molecular complexity index is 1200. The summed E-state index contributed by atoms with van der Waals surface area (Å²) >= 11 is 0. The summed E-state index contributed by atoms with van der Waals surface area (Å²) in [6, 6.07) is 6.85. The number of aromatic nitrogens is 1. The van der Waals surface area contributed by atoms with E-state index in [0.717, 1.165) is 18.2 Å². The number of methoxy groups -OCH3 is 1. The lowest BCUT2D eigenvalue weighted by atomic mass is 10.1. The molecule has 0 aliphatic rings. The van der Waals surface area contributed by atoms with Gasteiger partial charge in [-0.25, -0.2) is 4.39 Å². The zero-order valence-electron chi connectivity index (χ0n) is 18.2. The van der Waals surface area contributed by atoms with Gasteiger partial charge >= 0.3 is 12.3 Å². The smallest absolute Gasteiger partial charge is 0.494 e. The highest BCUT2D eigenvalue weighted by Gasteiger charge is 2.31. The third-order valence-corrected chi connectivity index (χ3v) is 4.83. The molecule has 10 heteroatoms. The molecule has 0 atom stereocenters. The summed E-state index contributed by atoms with van der Waals surface area (Å²) in [5.41, 5.74) is 1.02. The Balaban J connectivity index is 2.10. The van der Waals surface area contributed by atoms with Gasteiger partial charge in [-0.05, 0) is 56.7 Å². The molecule has 2 aromatic carbocycles. The Labute approximate surface area is 186 Å². The van der Waals surface area contributed by atoms with Gasteiger partial charge in [-0.2, -0.15) is 0 Å². The van der Waals surface area contributed by atoms with Gasteiger partial charge in [0.15, 0.2) is 11.6 Å². The summed E-state index contributed by atoms with van der Waals surface area (Å²) in [6.45, 7) is 4.98. The first-order valence-electron chi connectivity index (χ1n) is 9.88. The molecule has 0 aliphatic heterocycles. The van der Waals surface area contributed by atoms with Crippen molar-refractivity contribution >= 4 is 22.8 Å². The maximum absolute atomic E-state index is 14.5. The Hall–Kier alpha value is -3.56. The second-order valence-corrected chi connectivity index (χ2v) is 7.50. The van der Waals surface area contributed by atoms with Crippen molar-refractivity contribution in [1.82, 2.24) is 4.57 Å². The molecule has 0 amide bonds. The number of carbonyl (C=O) groups excluding carboxylic acids is 2. The van der Waals surface area contributed by atoms with E-state index >= 15 is 0 Å². The molecule has 3 aromatic rings. The first-order valence-corrected chi connectivity index (χ1v) is 9.88. The van der Waals surface area contributed by atoms with Gasteiger partial charge in [-0.3, -0.25) is 14.2 Å². The zero-order valence-corrected chi connectivity index (χ0v) is 18.2. The van der Waals surface area contributed by atoms with Crippen LogP contribution in [0.15, 0.2) is 36.4 Å². The van der Waals surface area contributed by atoms with E-state index in [1.165, 1.54) is 29.9 Å². The fourth-order valence-electron chi connectivity index (χ4n) is 3.50. The summed E-state index contributed by atoms with van der Waals surface area (Å²) in [5, 5.41) is 0.414. The topological polar surface area (TPSA) is 66.8 Å². The number of benzene rings is 2. The largest absolute Gasteiger partial charge is 0.573 e. The van der Waals surface area contributed by atoms with Gasteiger partial charge in [0.05, 0.1) is 25.2 Å². The molecular formula is C23H21F4NO5. The highest BCUT2D eigenvalue weighted by Crippen LogP contribution is 2.33. The molecule has 0 spiro atoms. The van der Waals surface area contributed by atoms with Gasteiger partial charge in [-0.15, -0.1) is 13.2 Å². The van der Waals surface area contributed by atoms with Gasteiger partial charge in [0.25, 0.3) is 5.91 Å². The molecule has 0 saturated carbocycles. The van der Waals surface area contributed by atoms with Crippen molar-refractivity contribution in [2.75, 3.05) is 7.11 Å². The minimum Gasteiger partial charge on any atom is -0.494 e. The maximum Gasteiger partial charge on any atom is 0.573 e. The first-order chi connectivity index (χ1) is 15.4. The van der Waals surface area contributed by atoms with Gasteiger partial charge < -0.3 is 14.2 Å². The van der Waals surface area contributed by atoms with Crippen LogP contribution in [-0.4, -0.2) is 36.0 Å². The van der Waals surface area contributed by atoms with Crippen LogP contribution >= 0.6 is 0 Å². The van der Waals surface area contributed by atoms with Crippen LogP contribution in [0, 0.1) is 12.7 Å². The van der Waals surface area contributed by atoms with Gasteiger partial charge in [0, 0.05) is 22.7 Å². The number of halogens is 4. The van der Waals surface area contributed by atoms with Crippen LogP contribution in [0.3, 0.4) is 0 Å². The quantitative estimate of drug-likeness (QED) is 0.369. The minimum atomic E-state index is -4.87. The van der Waals surface area contributed by atoms with Crippen LogP contribution in [0.5, 0.6) is 11.5 Å². The molecule has 1 heterocycles. The molecule has 0 saturated heterocycles. The van der Waals surface area contributed by atoms with E-state index in [1.54, 1.807) is 20.8 Å². The summed E-state index contributed by atoms with van der Waals surface area (Å²) in [4.78, 5) is 25.6. The summed E-state index contributed by atoms with van der Waals surface area (Å²) in [5.74, 6) is -2.43. The predicted molar refractivity (Wildman–Crippen MR) is 111 cm³/mol. The molecule has 1 aromatic heterocycles. The van der Waals surface area contributed by atoms with E-state index in [9.17, 15) is 27.2 Å². The standard InChI is InChI=1S/C23H21F4NO5/c1-12(2)32-21(29)10-16-13(3)28(19-11-18(24)20(31-4)9-17(16)19)22(30)14-5-7-15(8-6-14)33-23(25,26)27/h5-9,11-12H,10H2,1-4H3. The average molecular weight is 467 g/mol. The Kier molecular flexibility index (Phi) is 6.66. The molecule has 0 bridgehead atoms.